The molecule has 0 fully saturated rings. The molecule has 0 bridgehead atoms. The molecule has 0 aromatic heterocycles. The standard InChI is InChI=1S/C18H19Cl2F3N2O3S/c1-25(2)11-13(9-12-3-8-16(19)17(20)10-12)24-29(26,27)15-6-4-14(5-7-15)28-18(21,22)23/h3-8,10,13,24H,9,11H2,1-2H3/t13-/m0/s1. The number of ether oxygens (including phenoxy) is 1. The molecule has 0 saturated heterocycles. The van der Waals surface area contributed by atoms with Crippen LogP contribution in [0.15, 0.2) is 47.4 Å². The fourth-order valence-electron chi connectivity index (χ4n) is 2.64. The second-order valence-corrected chi connectivity index (χ2v) is 9.08. The van der Waals surface area contributed by atoms with Crippen molar-refractivity contribution < 1.29 is 26.3 Å². The van der Waals surface area contributed by atoms with Crippen LogP contribution in [0, 0.1) is 0 Å². The first kappa shape index (κ1) is 23.8. The van der Waals surface area contributed by atoms with E-state index >= 15 is 0 Å². The first-order chi connectivity index (χ1) is 13.4. The van der Waals surface area contributed by atoms with E-state index in [9.17, 15) is 21.6 Å². The van der Waals surface area contributed by atoms with Crippen molar-refractivity contribution in [3.05, 3.63) is 58.1 Å². The highest BCUT2D eigenvalue weighted by molar-refractivity contribution is 7.89. The van der Waals surface area contributed by atoms with Gasteiger partial charge in [-0.15, -0.1) is 13.2 Å². The smallest absolute Gasteiger partial charge is 0.406 e. The Kier molecular flexibility index (Phi) is 7.80. The Morgan fingerprint density at radius 1 is 1.07 bits per heavy atom. The van der Waals surface area contributed by atoms with Gasteiger partial charge in [0.25, 0.3) is 0 Å². The molecular formula is C18H19Cl2F3N2O3S. The highest BCUT2D eigenvalue weighted by atomic mass is 35.5. The van der Waals surface area contributed by atoms with E-state index in [2.05, 4.69) is 9.46 Å². The lowest BCUT2D eigenvalue weighted by molar-refractivity contribution is -0.274. The normalized spacial score (nSPS) is 13.5. The SMILES string of the molecule is CN(C)C[C@H](Cc1ccc(Cl)c(Cl)c1)NS(=O)(=O)c1ccc(OC(F)(F)F)cc1. The van der Waals surface area contributed by atoms with Gasteiger partial charge in [0.05, 0.1) is 14.9 Å². The van der Waals surface area contributed by atoms with Gasteiger partial charge in [0.15, 0.2) is 0 Å². The quantitative estimate of drug-likeness (QED) is 0.623. The molecule has 1 atom stereocenters. The lowest BCUT2D eigenvalue weighted by Crippen LogP contribution is -2.43. The molecule has 5 nitrogen and oxygen atoms in total. The number of alkyl halides is 3. The van der Waals surface area contributed by atoms with Crippen LogP contribution in [0.5, 0.6) is 5.75 Å². The van der Waals surface area contributed by atoms with Gasteiger partial charge in [0.1, 0.15) is 5.75 Å². The highest BCUT2D eigenvalue weighted by Gasteiger charge is 2.31. The van der Waals surface area contributed by atoms with E-state index in [1.54, 1.807) is 32.3 Å². The predicted octanol–water partition coefficient (Wildman–Crippen LogP) is 4.34. The number of rotatable bonds is 8. The highest BCUT2D eigenvalue weighted by Crippen LogP contribution is 2.25. The summed E-state index contributed by atoms with van der Waals surface area (Å²) >= 11 is 11.9. The summed E-state index contributed by atoms with van der Waals surface area (Å²) < 4.78 is 68.5. The molecule has 2 aromatic carbocycles. The van der Waals surface area contributed by atoms with Crippen LogP contribution in [0.25, 0.3) is 0 Å². The van der Waals surface area contributed by atoms with Gasteiger partial charge >= 0.3 is 6.36 Å². The molecule has 2 rings (SSSR count). The van der Waals surface area contributed by atoms with Crippen molar-refractivity contribution in [3.63, 3.8) is 0 Å². The van der Waals surface area contributed by atoms with Crippen molar-refractivity contribution in [2.45, 2.75) is 23.7 Å². The second-order valence-electron chi connectivity index (χ2n) is 6.55. The van der Waals surface area contributed by atoms with Crippen LogP contribution in [0.1, 0.15) is 5.56 Å². The summed E-state index contributed by atoms with van der Waals surface area (Å²) in [6.07, 6.45) is -4.52. The van der Waals surface area contributed by atoms with E-state index in [1.165, 1.54) is 0 Å². The van der Waals surface area contributed by atoms with E-state index in [-0.39, 0.29) is 4.90 Å². The molecule has 29 heavy (non-hydrogen) atoms. The van der Waals surface area contributed by atoms with Crippen LogP contribution < -0.4 is 9.46 Å². The van der Waals surface area contributed by atoms with E-state index in [4.69, 9.17) is 23.2 Å². The van der Waals surface area contributed by atoms with Gasteiger partial charge in [-0.2, -0.15) is 0 Å². The molecule has 160 valence electrons. The summed E-state index contributed by atoms with van der Waals surface area (Å²) in [5.41, 5.74) is 0.780. The van der Waals surface area contributed by atoms with Crippen LogP contribution in [0.4, 0.5) is 13.2 Å². The van der Waals surface area contributed by atoms with Gasteiger partial charge in [-0.1, -0.05) is 29.3 Å². The third-order valence-corrected chi connectivity index (χ3v) is 6.02. The van der Waals surface area contributed by atoms with Crippen LogP contribution in [-0.2, 0) is 16.4 Å². The lowest BCUT2D eigenvalue weighted by atomic mass is 10.1. The topological polar surface area (TPSA) is 58.6 Å². The summed E-state index contributed by atoms with van der Waals surface area (Å²) in [6, 6.07) is 8.51. The van der Waals surface area contributed by atoms with Gasteiger partial charge in [-0.3, -0.25) is 0 Å². The summed E-state index contributed by atoms with van der Waals surface area (Å²) in [7, 11) is -0.394. The Morgan fingerprint density at radius 3 is 2.21 bits per heavy atom. The predicted molar refractivity (Wildman–Crippen MR) is 106 cm³/mol. The molecule has 0 unspecified atom stereocenters. The fourth-order valence-corrected chi connectivity index (χ4v) is 4.19. The number of nitrogens with one attached hydrogen (secondary N) is 1. The van der Waals surface area contributed by atoms with E-state index in [1.807, 2.05) is 4.90 Å². The molecule has 0 aliphatic carbocycles. The van der Waals surface area contributed by atoms with E-state index < -0.39 is 28.2 Å². The minimum atomic E-state index is -4.85. The number of halogens is 5. The van der Waals surface area contributed by atoms with Gasteiger partial charge in [0, 0.05) is 12.6 Å². The monoisotopic (exact) mass is 470 g/mol. The molecule has 0 heterocycles. The third kappa shape index (κ3) is 7.67. The van der Waals surface area contributed by atoms with Crippen molar-refractivity contribution in [1.82, 2.24) is 9.62 Å². The van der Waals surface area contributed by atoms with Crippen LogP contribution >= 0.6 is 23.2 Å². The molecular weight excluding hydrogens is 452 g/mol. The van der Waals surface area contributed by atoms with Crippen molar-refractivity contribution in [1.29, 1.82) is 0 Å². The maximum Gasteiger partial charge on any atom is 0.573 e. The summed E-state index contributed by atoms with van der Waals surface area (Å²) in [5, 5.41) is 0.747. The Labute approximate surface area is 177 Å². The molecule has 0 saturated carbocycles. The Balaban J connectivity index is 2.18. The largest absolute Gasteiger partial charge is 0.573 e. The number of likely N-dealkylation sites (N-methyl/N-ethyl adjacent to an activating group) is 1. The molecule has 0 aliphatic rings. The van der Waals surface area contributed by atoms with Gasteiger partial charge in [-0.25, -0.2) is 13.1 Å². The first-order valence-electron chi connectivity index (χ1n) is 8.32. The molecule has 1 N–H and O–H groups in total. The van der Waals surface area contributed by atoms with Gasteiger partial charge < -0.3 is 9.64 Å². The van der Waals surface area contributed by atoms with Gasteiger partial charge in [-0.05, 0) is 62.5 Å². The number of nitrogens with zero attached hydrogens (tertiary/aromatic N) is 1. The molecule has 0 aliphatic heterocycles. The fraction of sp³-hybridized carbons (Fsp3) is 0.333. The van der Waals surface area contributed by atoms with Crippen LogP contribution in [-0.4, -0.2) is 46.4 Å². The van der Waals surface area contributed by atoms with Gasteiger partial charge in [0.2, 0.25) is 10.0 Å². The minimum absolute atomic E-state index is 0.176. The van der Waals surface area contributed by atoms with Crippen molar-refractivity contribution in [3.8, 4) is 5.75 Å². The minimum Gasteiger partial charge on any atom is -0.406 e. The molecule has 0 radical (unpaired) electrons. The molecule has 0 amide bonds. The zero-order valence-electron chi connectivity index (χ0n) is 15.5. The average molecular weight is 471 g/mol. The summed E-state index contributed by atoms with van der Waals surface area (Å²) in [4.78, 5) is 1.63. The maximum absolute atomic E-state index is 12.7. The van der Waals surface area contributed by atoms with E-state index in [0.29, 0.717) is 23.0 Å². The molecule has 2 aromatic rings. The lowest BCUT2D eigenvalue weighted by Gasteiger charge is -2.22. The number of hydrogen-bond acceptors (Lipinski definition) is 4. The molecule has 11 heteroatoms. The zero-order valence-corrected chi connectivity index (χ0v) is 17.8. The van der Waals surface area contributed by atoms with E-state index in [0.717, 1.165) is 29.8 Å². The van der Waals surface area contributed by atoms with Crippen molar-refractivity contribution >= 4 is 33.2 Å². The maximum atomic E-state index is 12.7. The first-order valence-corrected chi connectivity index (χ1v) is 10.6. The summed E-state index contributed by atoms with van der Waals surface area (Å²) in [6.45, 7) is 0.384. The average Bonchev–Trinajstić information content (AvgIpc) is 2.56. The second kappa shape index (κ2) is 9.53. The third-order valence-electron chi connectivity index (χ3n) is 3.74. The Hall–Kier alpha value is -1.52. The number of hydrogen-bond donors (Lipinski definition) is 1. The number of sulfonamides is 1. The zero-order chi connectivity index (χ0) is 21.8. The van der Waals surface area contributed by atoms with Crippen LogP contribution in [0.3, 0.4) is 0 Å². The van der Waals surface area contributed by atoms with Crippen LogP contribution in [0.2, 0.25) is 10.0 Å². The van der Waals surface area contributed by atoms with Crippen molar-refractivity contribution in [2.75, 3.05) is 20.6 Å². The number of benzene rings is 2. The summed E-state index contributed by atoms with van der Waals surface area (Å²) in [5.74, 6) is -0.503. The Bertz CT molecular complexity index is 936. The van der Waals surface area contributed by atoms with Crippen molar-refractivity contribution in [2.24, 2.45) is 0 Å². The molecule has 0 spiro atoms. The Morgan fingerprint density at radius 2 is 1.69 bits per heavy atom.